The molecular formula is C20H25NO4Si. The van der Waals surface area contributed by atoms with Gasteiger partial charge in [-0.3, -0.25) is 4.79 Å². The molecular weight excluding hydrogens is 346 g/mol. The molecule has 0 unspecified atom stereocenters. The summed E-state index contributed by atoms with van der Waals surface area (Å²) >= 11 is 0. The first kappa shape index (κ1) is 19.7. The number of aryl methyl sites for hydroxylation is 1. The van der Waals surface area contributed by atoms with Crippen LogP contribution in [0.4, 0.5) is 4.79 Å². The van der Waals surface area contributed by atoms with Crippen molar-refractivity contribution in [1.29, 1.82) is 0 Å². The van der Waals surface area contributed by atoms with E-state index < -0.39 is 26.0 Å². The number of hydrogen-bond acceptors (Lipinski definition) is 3. The zero-order chi connectivity index (χ0) is 19.0. The second-order valence-electron chi connectivity index (χ2n) is 6.60. The first-order valence-electron chi connectivity index (χ1n) is 8.70. The van der Waals surface area contributed by atoms with Crippen LogP contribution < -0.4 is 5.32 Å². The predicted molar refractivity (Wildman–Crippen MR) is 104 cm³/mol. The summed E-state index contributed by atoms with van der Waals surface area (Å²) in [6.07, 6.45) is 0.235. The normalized spacial score (nSPS) is 13.0. The van der Waals surface area contributed by atoms with Crippen LogP contribution in [0, 0.1) is 0 Å². The van der Waals surface area contributed by atoms with Gasteiger partial charge >= 0.3 is 12.1 Å². The van der Waals surface area contributed by atoms with E-state index in [9.17, 15) is 14.7 Å². The van der Waals surface area contributed by atoms with Crippen LogP contribution in [0.15, 0.2) is 60.7 Å². The third kappa shape index (κ3) is 5.19. The largest absolute Gasteiger partial charge is 0.480 e. The fourth-order valence-corrected chi connectivity index (χ4v) is 4.45. The number of carbonyl (C=O) groups excluding carboxylic acids is 1. The summed E-state index contributed by atoms with van der Waals surface area (Å²) in [4.78, 5) is 24.3. The number of ether oxygens (including phenoxy) is 1. The molecule has 0 bridgehead atoms. The average Bonchev–Trinajstić information content (AvgIpc) is 2.64. The summed E-state index contributed by atoms with van der Waals surface area (Å²) in [7, 11) is -1.79. The van der Waals surface area contributed by atoms with Crippen LogP contribution in [-0.4, -0.2) is 31.1 Å². The number of alkyl carbamates (subject to hydrolysis) is 1. The standard InChI is InChI=1S/C20H25NO4Si/c1-26(2)20(18(22)23,14-13-16-9-5-3-6-10-16)21-19(24)25-15-17-11-7-4-8-12-17/h3-12,26H,13-15H2,1-2H3,(H,21,24)(H,22,23)/t20-/m1/s1. The van der Waals surface area contributed by atoms with E-state index >= 15 is 0 Å². The van der Waals surface area contributed by atoms with Crippen molar-refractivity contribution < 1.29 is 19.4 Å². The van der Waals surface area contributed by atoms with Gasteiger partial charge in [0.05, 0.1) is 8.80 Å². The Balaban J connectivity index is 2.05. The van der Waals surface area contributed by atoms with Gasteiger partial charge in [0, 0.05) is 0 Å². The summed E-state index contributed by atoms with van der Waals surface area (Å²) in [6, 6.07) is 19.0. The Morgan fingerprint density at radius 2 is 1.54 bits per heavy atom. The quantitative estimate of drug-likeness (QED) is 0.698. The first-order chi connectivity index (χ1) is 12.4. The topological polar surface area (TPSA) is 75.6 Å². The molecule has 0 spiro atoms. The van der Waals surface area contributed by atoms with E-state index in [0.29, 0.717) is 12.8 Å². The maximum absolute atomic E-state index is 12.3. The molecule has 0 saturated heterocycles. The van der Waals surface area contributed by atoms with Crippen molar-refractivity contribution in [2.45, 2.75) is 37.7 Å². The van der Waals surface area contributed by atoms with Crippen LogP contribution in [0.2, 0.25) is 13.1 Å². The highest BCUT2D eigenvalue weighted by molar-refractivity contribution is 6.64. The van der Waals surface area contributed by atoms with Gasteiger partial charge in [0.25, 0.3) is 0 Å². The lowest BCUT2D eigenvalue weighted by atomic mass is 10.0. The molecule has 0 aromatic heterocycles. The lowest BCUT2D eigenvalue weighted by Gasteiger charge is -2.33. The van der Waals surface area contributed by atoms with Gasteiger partial charge in [-0.05, 0) is 24.0 Å². The maximum Gasteiger partial charge on any atom is 0.408 e. The average molecular weight is 372 g/mol. The maximum atomic E-state index is 12.3. The van der Waals surface area contributed by atoms with Crippen LogP contribution >= 0.6 is 0 Å². The number of hydrogen-bond donors (Lipinski definition) is 2. The number of amides is 1. The fourth-order valence-electron chi connectivity index (χ4n) is 2.83. The molecule has 0 aliphatic carbocycles. The van der Waals surface area contributed by atoms with E-state index in [1.54, 1.807) is 0 Å². The van der Waals surface area contributed by atoms with Crippen molar-refractivity contribution in [3.8, 4) is 0 Å². The monoisotopic (exact) mass is 371 g/mol. The van der Waals surface area contributed by atoms with Gasteiger partial charge in [0.2, 0.25) is 0 Å². The molecule has 2 N–H and O–H groups in total. The van der Waals surface area contributed by atoms with Gasteiger partial charge in [-0.1, -0.05) is 73.8 Å². The zero-order valence-corrected chi connectivity index (χ0v) is 16.3. The Kier molecular flexibility index (Phi) is 6.97. The number of carboxylic acid groups (broad SMARTS) is 1. The molecule has 138 valence electrons. The summed E-state index contributed by atoms with van der Waals surface area (Å²) in [5, 5.41) is 11.3. The SMILES string of the molecule is C[SiH](C)[C@@](CCc1ccccc1)(NC(=O)OCc1ccccc1)C(=O)O. The van der Waals surface area contributed by atoms with Gasteiger partial charge in [-0.2, -0.15) is 0 Å². The lowest BCUT2D eigenvalue weighted by molar-refractivity contribution is -0.141. The van der Waals surface area contributed by atoms with Crippen molar-refractivity contribution in [1.82, 2.24) is 5.32 Å². The van der Waals surface area contributed by atoms with Gasteiger partial charge in [-0.25, -0.2) is 4.79 Å². The predicted octanol–water partition coefficient (Wildman–Crippen LogP) is 3.39. The minimum atomic E-state index is -1.79. The van der Waals surface area contributed by atoms with E-state index in [1.165, 1.54) is 0 Å². The van der Waals surface area contributed by atoms with E-state index in [1.807, 2.05) is 73.8 Å². The second kappa shape index (κ2) is 9.19. The highest BCUT2D eigenvalue weighted by atomic mass is 28.3. The number of carbonyl (C=O) groups is 2. The summed E-state index contributed by atoms with van der Waals surface area (Å²) in [6.45, 7) is 3.97. The van der Waals surface area contributed by atoms with Crippen LogP contribution in [0.5, 0.6) is 0 Å². The highest BCUT2D eigenvalue weighted by Gasteiger charge is 2.43. The molecule has 0 saturated carbocycles. The summed E-state index contributed by atoms with van der Waals surface area (Å²) < 4.78 is 5.24. The Morgan fingerprint density at radius 1 is 1.00 bits per heavy atom. The number of aliphatic carboxylic acids is 1. The van der Waals surface area contributed by atoms with Crippen LogP contribution in [-0.2, 0) is 22.6 Å². The number of nitrogens with one attached hydrogen (secondary N) is 1. The molecule has 26 heavy (non-hydrogen) atoms. The molecule has 5 nitrogen and oxygen atoms in total. The van der Waals surface area contributed by atoms with Crippen molar-refractivity contribution in [3.63, 3.8) is 0 Å². The number of carboxylic acids is 1. The molecule has 0 heterocycles. The molecule has 1 amide bonds. The smallest absolute Gasteiger partial charge is 0.408 e. The van der Waals surface area contributed by atoms with E-state index in [4.69, 9.17) is 4.74 Å². The van der Waals surface area contributed by atoms with Gasteiger partial charge in [0.15, 0.2) is 0 Å². The van der Waals surface area contributed by atoms with Crippen molar-refractivity contribution in [2.75, 3.05) is 0 Å². The molecule has 0 aliphatic rings. The molecule has 6 heteroatoms. The van der Waals surface area contributed by atoms with Crippen molar-refractivity contribution in [2.24, 2.45) is 0 Å². The van der Waals surface area contributed by atoms with Crippen LogP contribution in [0.1, 0.15) is 17.5 Å². The zero-order valence-electron chi connectivity index (χ0n) is 15.1. The second-order valence-corrected chi connectivity index (χ2v) is 9.90. The fraction of sp³-hybridized carbons (Fsp3) is 0.300. The summed E-state index contributed by atoms with van der Waals surface area (Å²) in [5.74, 6) is -0.994. The van der Waals surface area contributed by atoms with Gasteiger partial charge < -0.3 is 15.2 Å². The molecule has 1 atom stereocenters. The number of rotatable bonds is 8. The molecule has 0 radical (unpaired) electrons. The molecule has 0 fully saturated rings. The van der Waals surface area contributed by atoms with E-state index in [2.05, 4.69) is 5.32 Å². The number of benzene rings is 2. The van der Waals surface area contributed by atoms with Gasteiger partial charge in [-0.15, -0.1) is 0 Å². The minimum Gasteiger partial charge on any atom is -0.480 e. The molecule has 2 rings (SSSR count). The first-order valence-corrected chi connectivity index (χ1v) is 11.6. The van der Waals surface area contributed by atoms with Gasteiger partial charge in [0.1, 0.15) is 11.8 Å². The third-order valence-electron chi connectivity index (χ3n) is 4.56. The molecule has 0 aliphatic heterocycles. The third-order valence-corrected chi connectivity index (χ3v) is 7.21. The van der Waals surface area contributed by atoms with Crippen LogP contribution in [0.25, 0.3) is 0 Å². The molecule has 2 aromatic rings. The minimum absolute atomic E-state index is 0.112. The molecule has 2 aromatic carbocycles. The van der Waals surface area contributed by atoms with Crippen molar-refractivity contribution in [3.05, 3.63) is 71.8 Å². The van der Waals surface area contributed by atoms with E-state index in [0.717, 1.165) is 11.1 Å². The Hall–Kier alpha value is -2.60. The Bertz CT molecular complexity index is 721. The van der Waals surface area contributed by atoms with E-state index in [-0.39, 0.29) is 6.61 Å². The highest BCUT2D eigenvalue weighted by Crippen LogP contribution is 2.20. The van der Waals surface area contributed by atoms with Crippen LogP contribution in [0.3, 0.4) is 0 Å². The summed E-state index contributed by atoms with van der Waals surface area (Å²) in [5.41, 5.74) is 1.90. The Morgan fingerprint density at radius 3 is 2.04 bits per heavy atom. The van der Waals surface area contributed by atoms with Crippen molar-refractivity contribution >= 4 is 20.9 Å². The Labute approximate surface area is 155 Å². The lowest BCUT2D eigenvalue weighted by Crippen LogP contribution is -2.62.